The lowest BCUT2D eigenvalue weighted by atomic mass is 10.1. The Morgan fingerprint density at radius 2 is 2.00 bits per heavy atom. The summed E-state index contributed by atoms with van der Waals surface area (Å²) in [6.07, 6.45) is 3.88. The Balaban J connectivity index is 1.87. The summed E-state index contributed by atoms with van der Waals surface area (Å²) in [5.74, 6) is 0.778. The van der Waals surface area contributed by atoms with Crippen LogP contribution in [-0.2, 0) is 0 Å². The maximum atomic E-state index is 6.23. The molecule has 2 atom stereocenters. The van der Waals surface area contributed by atoms with Crippen molar-refractivity contribution in [2.75, 3.05) is 37.9 Å². The molecule has 2 aliphatic heterocycles. The average Bonchev–Trinajstić information content (AvgIpc) is 2.64. The summed E-state index contributed by atoms with van der Waals surface area (Å²) in [7, 11) is 3.94. The number of nitrogens with two attached hydrogens (primary N) is 1. The van der Waals surface area contributed by atoms with Gasteiger partial charge in [0.05, 0.1) is 18.5 Å². The Hall–Kier alpha value is -1.42. The molecule has 104 valence electrons. The second-order valence-electron chi connectivity index (χ2n) is 5.68. The number of methoxy groups -OCH3 is 1. The molecular weight excluding hydrogens is 238 g/mol. The SMILES string of the molecule is COc1cccc(N2CCC3CCC(C2)N3C)c1N. The van der Waals surface area contributed by atoms with Gasteiger partial charge in [-0.2, -0.15) is 0 Å². The molecule has 2 N–H and O–H groups in total. The highest BCUT2D eigenvalue weighted by atomic mass is 16.5. The third-order valence-electron chi connectivity index (χ3n) is 4.75. The highest BCUT2D eigenvalue weighted by Crippen LogP contribution is 2.36. The molecule has 3 rings (SSSR count). The number of rotatable bonds is 2. The number of para-hydroxylation sites is 1. The van der Waals surface area contributed by atoms with E-state index in [-0.39, 0.29) is 0 Å². The van der Waals surface area contributed by atoms with Crippen molar-refractivity contribution in [2.24, 2.45) is 0 Å². The zero-order chi connectivity index (χ0) is 13.4. The summed E-state index contributed by atoms with van der Waals surface area (Å²) in [4.78, 5) is 4.98. The molecule has 19 heavy (non-hydrogen) atoms. The summed E-state index contributed by atoms with van der Waals surface area (Å²) in [5, 5.41) is 0. The quantitative estimate of drug-likeness (QED) is 0.826. The first-order valence-electron chi connectivity index (χ1n) is 7.10. The normalized spacial score (nSPS) is 27.4. The first-order valence-corrected chi connectivity index (χ1v) is 7.10. The molecule has 0 aliphatic carbocycles. The maximum absolute atomic E-state index is 6.23. The van der Waals surface area contributed by atoms with Crippen LogP contribution in [0, 0.1) is 0 Å². The molecule has 4 heteroatoms. The fraction of sp³-hybridized carbons (Fsp3) is 0.600. The fourth-order valence-corrected chi connectivity index (χ4v) is 3.51. The highest BCUT2D eigenvalue weighted by molar-refractivity contribution is 5.74. The minimum atomic E-state index is 0.665. The number of ether oxygens (including phenoxy) is 1. The van der Waals surface area contributed by atoms with Gasteiger partial charge in [-0.05, 0) is 38.4 Å². The summed E-state index contributed by atoms with van der Waals surface area (Å²) in [6.45, 7) is 2.16. The van der Waals surface area contributed by atoms with Gasteiger partial charge in [0.1, 0.15) is 5.75 Å². The van der Waals surface area contributed by atoms with Crippen LogP contribution in [0.4, 0.5) is 11.4 Å². The zero-order valence-corrected chi connectivity index (χ0v) is 11.8. The standard InChI is InChI=1S/C15H23N3O/c1-17-11-6-7-12(17)10-18(9-8-11)13-4-3-5-14(19-2)15(13)16/h3-5,11-12H,6-10,16H2,1-2H3. The fourth-order valence-electron chi connectivity index (χ4n) is 3.51. The molecule has 2 aliphatic rings. The van der Waals surface area contributed by atoms with Gasteiger partial charge < -0.3 is 15.4 Å². The molecule has 0 aromatic heterocycles. The van der Waals surface area contributed by atoms with E-state index in [0.29, 0.717) is 6.04 Å². The summed E-state index contributed by atoms with van der Waals surface area (Å²) < 4.78 is 5.33. The van der Waals surface area contributed by atoms with E-state index in [1.54, 1.807) is 7.11 Å². The van der Waals surface area contributed by atoms with E-state index in [1.807, 2.05) is 12.1 Å². The molecule has 2 heterocycles. The Labute approximate surface area is 115 Å². The topological polar surface area (TPSA) is 41.7 Å². The van der Waals surface area contributed by atoms with Crippen LogP contribution in [0.5, 0.6) is 5.75 Å². The predicted molar refractivity (Wildman–Crippen MR) is 78.8 cm³/mol. The van der Waals surface area contributed by atoms with Crippen LogP contribution in [0.25, 0.3) is 0 Å². The molecular formula is C15H23N3O. The summed E-state index contributed by atoms with van der Waals surface area (Å²) in [6, 6.07) is 7.48. The number of likely N-dealkylation sites (N-methyl/N-ethyl adjacent to an activating group) is 1. The van der Waals surface area contributed by atoms with Crippen molar-refractivity contribution in [1.29, 1.82) is 0 Å². The molecule has 2 saturated heterocycles. The number of hydrogen-bond acceptors (Lipinski definition) is 4. The van der Waals surface area contributed by atoms with E-state index in [1.165, 1.54) is 19.3 Å². The minimum absolute atomic E-state index is 0.665. The van der Waals surface area contributed by atoms with Gasteiger partial charge >= 0.3 is 0 Å². The Morgan fingerprint density at radius 1 is 1.21 bits per heavy atom. The molecule has 1 aromatic rings. The van der Waals surface area contributed by atoms with Crippen molar-refractivity contribution in [3.05, 3.63) is 18.2 Å². The summed E-state index contributed by atoms with van der Waals surface area (Å²) in [5.41, 5.74) is 8.12. The van der Waals surface area contributed by atoms with Gasteiger partial charge in [0.2, 0.25) is 0 Å². The lowest BCUT2D eigenvalue weighted by Crippen LogP contribution is -2.36. The van der Waals surface area contributed by atoms with Crippen molar-refractivity contribution in [3.8, 4) is 5.75 Å². The molecule has 2 bridgehead atoms. The van der Waals surface area contributed by atoms with Crippen LogP contribution >= 0.6 is 0 Å². The lowest BCUT2D eigenvalue weighted by molar-refractivity contribution is 0.254. The first kappa shape index (κ1) is 12.6. The van der Waals surface area contributed by atoms with Crippen molar-refractivity contribution in [3.63, 3.8) is 0 Å². The zero-order valence-electron chi connectivity index (χ0n) is 11.8. The van der Waals surface area contributed by atoms with Crippen molar-refractivity contribution >= 4 is 11.4 Å². The van der Waals surface area contributed by atoms with Crippen molar-refractivity contribution in [2.45, 2.75) is 31.3 Å². The highest BCUT2D eigenvalue weighted by Gasteiger charge is 2.35. The predicted octanol–water partition coefficient (Wildman–Crippen LogP) is 1.95. The number of nitrogen functional groups attached to an aromatic ring is 1. The third-order valence-corrected chi connectivity index (χ3v) is 4.75. The molecule has 0 spiro atoms. The molecule has 2 unspecified atom stereocenters. The van der Waals surface area contributed by atoms with Crippen LogP contribution in [0.2, 0.25) is 0 Å². The van der Waals surface area contributed by atoms with Gasteiger partial charge in [-0.25, -0.2) is 0 Å². The van der Waals surface area contributed by atoms with Gasteiger partial charge in [-0.3, -0.25) is 4.90 Å². The van der Waals surface area contributed by atoms with Crippen molar-refractivity contribution in [1.82, 2.24) is 4.90 Å². The maximum Gasteiger partial charge on any atom is 0.143 e. The van der Waals surface area contributed by atoms with E-state index in [9.17, 15) is 0 Å². The second kappa shape index (κ2) is 4.93. The first-order chi connectivity index (χ1) is 9.20. The molecule has 1 aromatic carbocycles. The van der Waals surface area contributed by atoms with E-state index in [4.69, 9.17) is 10.5 Å². The van der Waals surface area contributed by atoms with Crippen LogP contribution in [0.1, 0.15) is 19.3 Å². The van der Waals surface area contributed by atoms with Gasteiger partial charge in [-0.1, -0.05) is 6.07 Å². The molecule has 0 radical (unpaired) electrons. The van der Waals surface area contributed by atoms with Gasteiger partial charge in [-0.15, -0.1) is 0 Å². The monoisotopic (exact) mass is 261 g/mol. The van der Waals surface area contributed by atoms with E-state index in [0.717, 1.165) is 36.3 Å². The number of nitrogens with zero attached hydrogens (tertiary/aromatic N) is 2. The lowest BCUT2D eigenvalue weighted by Gasteiger charge is -2.29. The molecule has 0 saturated carbocycles. The molecule has 0 amide bonds. The second-order valence-corrected chi connectivity index (χ2v) is 5.68. The molecule has 4 nitrogen and oxygen atoms in total. The number of fused-ring (bicyclic) bond motifs is 2. The Kier molecular flexibility index (Phi) is 3.27. The average molecular weight is 261 g/mol. The van der Waals surface area contributed by atoms with Gasteiger partial charge in [0.15, 0.2) is 0 Å². The van der Waals surface area contributed by atoms with Crippen LogP contribution < -0.4 is 15.4 Å². The largest absolute Gasteiger partial charge is 0.495 e. The summed E-state index contributed by atoms with van der Waals surface area (Å²) >= 11 is 0. The Bertz CT molecular complexity index is 463. The van der Waals surface area contributed by atoms with Gasteiger partial charge in [0.25, 0.3) is 0 Å². The number of anilines is 2. The smallest absolute Gasteiger partial charge is 0.143 e. The molecule has 2 fully saturated rings. The van der Waals surface area contributed by atoms with E-state index < -0.39 is 0 Å². The van der Waals surface area contributed by atoms with E-state index >= 15 is 0 Å². The third kappa shape index (κ3) is 2.14. The van der Waals surface area contributed by atoms with E-state index in [2.05, 4.69) is 22.9 Å². The van der Waals surface area contributed by atoms with Gasteiger partial charge in [0, 0.05) is 25.2 Å². The van der Waals surface area contributed by atoms with Crippen molar-refractivity contribution < 1.29 is 4.74 Å². The number of benzene rings is 1. The Morgan fingerprint density at radius 3 is 2.79 bits per heavy atom. The van der Waals surface area contributed by atoms with Crippen LogP contribution in [0.15, 0.2) is 18.2 Å². The minimum Gasteiger partial charge on any atom is -0.495 e. The van der Waals surface area contributed by atoms with Crippen LogP contribution in [-0.4, -0.2) is 44.2 Å². The number of hydrogen-bond donors (Lipinski definition) is 1. The van der Waals surface area contributed by atoms with Crippen LogP contribution in [0.3, 0.4) is 0 Å².